The van der Waals surface area contributed by atoms with Crippen LogP contribution in [0, 0.1) is 13.8 Å². The molecule has 7 heteroatoms. The lowest BCUT2D eigenvalue weighted by Crippen LogP contribution is -2.40. The number of nitrogens with one attached hydrogen (secondary N) is 2. The molecule has 0 fully saturated rings. The number of rotatable bonds is 5. The van der Waals surface area contributed by atoms with Gasteiger partial charge in [-0.1, -0.05) is 0 Å². The minimum absolute atomic E-state index is 0.116. The van der Waals surface area contributed by atoms with Crippen LogP contribution in [0.1, 0.15) is 30.3 Å². The van der Waals surface area contributed by atoms with E-state index in [9.17, 15) is 4.79 Å². The molecule has 7 nitrogen and oxygen atoms in total. The molecule has 2 aromatic rings. The molecule has 0 aliphatic heterocycles. The Bertz CT molecular complexity index is 602. The largest absolute Gasteiger partial charge is 0.344 e. The van der Waals surface area contributed by atoms with Crippen molar-refractivity contribution < 1.29 is 4.79 Å². The van der Waals surface area contributed by atoms with Crippen LogP contribution in [0.25, 0.3) is 0 Å². The van der Waals surface area contributed by atoms with Gasteiger partial charge in [0.15, 0.2) is 0 Å². The predicted molar refractivity (Wildman–Crippen MR) is 79.9 cm³/mol. The first kappa shape index (κ1) is 15.1. The van der Waals surface area contributed by atoms with E-state index < -0.39 is 0 Å². The molecule has 0 spiro atoms. The summed E-state index contributed by atoms with van der Waals surface area (Å²) in [4.78, 5) is 25.3. The Kier molecular flexibility index (Phi) is 4.62. The zero-order chi connectivity index (χ0) is 15.4. The molecule has 2 rings (SSSR count). The lowest BCUT2D eigenvalue weighted by atomic mass is 10.3. The first-order valence-corrected chi connectivity index (χ1v) is 6.98. The summed E-state index contributed by atoms with van der Waals surface area (Å²) in [6.45, 7) is 7.13. The Hall–Kier alpha value is -2.31. The van der Waals surface area contributed by atoms with E-state index in [0.717, 1.165) is 23.9 Å². The third kappa shape index (κ3) is 3.84. The van der Waals surface area contributed by atoms with Crippen LogP contribution < -0.4 is 5.32 Å². The fourth-order valence-electron chi connectivity index (χ4n) is 2.02. The van der Waals surface area contributed by atoms with E-state index in [1.807, 2.05) is 31.5 Å². The predicted octanol–water partition coefficient (Wildman–Crippen LogP) is 1.63. The number of hydrogen-bond donors (Lipinski definition) is 2. The number of amides is 2. The third-order valence-corrected chi connectivity index (χ3v) is 3.42. The Morgan fingerprint density at radius 3 is 2.81 bits per heavy atom. The molecule has 2 heterocycles. The van der Waals surface area contributed by atoms with Crippen molar-refractivity contribution in [3.63, 3.8) is 0 Å². The number of H-pyrrole nitrogens is 1. The average molecular weight is 290 g/mol. The number of hydrogen-bond acceptors (Lipinski definition) is 3. The van der Waals surface area contributed by atoms with Crippen molar-refractivity contribution in [3.05, 3.63) is 35.9 Å². The minimum atomic E-state index is -0.149. The maximum absolute atomic E-state index is 12.1. The summed E-state index contributed by atoms with van der Waals surface area (Å²) in [5, 5.41) is 2.92. The number of aryl methyl sites for hydroxylation is 2. The molecule has 0 aromatic carbocycles. The highest BCUT2D eigenvalue weighted by Gasteiger charge is 2.15. The van der Waals surface area contributed by atoms with Crippen LogP contribution in [0.15, 0.2) is 18.6 Å². The van der Waals surface area contributed by atoms with Crippen molar-refractivity contribution in [1.29, 1.82) is 0 Å². The van der Waals surface area contributed by atoms with Crippen molar-refractivity contribution in [2.75, 3.05) is 13.6 Å². The van der Waals surface area contributed by atoms with Gasteiger partial charge in [-0.2, -0.15) is 0 Å². The van der Waals surface area contributed by atoms with Crippen molar-refractivity contribution in [2.45, 2.75) is 33.4 Å². The van der Waals surface area contributed by atoms with Gasteiger partial charge in [0.2, 0.25) is 0 Å². The van der Waals surface area contributed by atoms with Crippen LogP contribution in [0.4, 0.5) is 4.79 Å². The number of aromatic amines is 1. The van der Waals surface area contributed by atoms with Crippen LogP contribution in [-0.4, -0.2) is 44.0 Å². The molecule has 0 aliphatic carbocycles. The molecule has 0 aliphatic rings. The lowest BCUT2D eigenvalue weighted by molar-refractivity contribution is 0.203. The van der Waals surface area contributed by atoms with E-state index in [1.54, 1.807) is 24.3 Å². The van der Waals surface area contributed by atoms with E-state index in [0.29, 0.717) is 6.54 Å². The number of likely N-dealkylation sites (N-methyl/N-ethyl adjacent to an activating group) is 1. The Morgan fingerprint density at radius 1 is 1.48 bits per heavy atom. The van der Waals surface area contributed by atoms with Crippen molar-refractivity contribution in [1.82, 2.24) is 29.7 Å². The van der Waals surface area contributed by atoms with Crippen molar-refractivity contribution >= 4 is 6.03 Å². The van der Waals surface area contributed by atoms with Gasteiger partial charge in [-0.15, -0.1) is 0 Å². The molecule has 0 radical (unpaired) electrons. The van der Waals surface area contributed by atoms with Crippen LogP contribution in [-0.2, 0) is 6.54 Å². The molecule has 2 N–H and O–H groups in total. The molecule has 21 heavy (non-hydrogen) atoms. The van der Waals surface area contributed by atoms with Gasteiger partial charge in [-0.25, -0.2) is 14.8 Å². The fourth-order valence-corrected chi connectivity index (χ4v) is 2.02. The normalized spacial score (nSPS) is 12.2. The topological polar surface area (TPSA) is 78.8 Å². The summed E-state index contributed by atoms with van der Waals surface area (Å²) in [6, 6.07) is -0.266. The van der Waals surface area contributed by atoms with E-state index in [-0.39, 0.29) is 12.1 Å². The summed E-state index contributed by atoms with van der Waals surface area (Å²) in [5.41, 5.74) is 0.982. The van der Waals surface area contributed by atoms with Gasteiger partial charge in [-0.05, 0) is 20.8 Å². The number of aromatic nitrogens is 4. The Labute approximate surface area is 124 Å². The maximum Gasteiger partial charge on any atom is 0.317 e. The first-order valence-electron chi connectivity index (χ1n) is 6.98. The van der Waals surface area contributed by atoms with Gasteiger partial charge >= 0.3 is 6.03 Å². The van der Waals surface area contributed by atoms with Crippen LogP contribution in [0.2, 0.25) is 0 Å². The second-order valence-corrected chi connectivity index (χ2v) is 5.21. The van der Waals surface area contributed by atoms with Gasteiger partial charge in [0.05, 0.1) is 6.04 Å². The summed E-state index contributed by atoms with van der Waals surface area (Å²) < 4.78 is 2.02. The van der Waals surface area contributed by atoms with Gasteiger partial charge < -0.3 is 19.8 Å². The summed E-state index contributed by atoms with van der Waals surface area (Å²) >= 11 is 0. The second kappa shape index (κ2) is 6.43. The number of carbonyl (C=O) groups excluding carboxylic acids is 1. The van der Waals surface area contributed by atoms with Gasteiger partial charge in [-0.3, -0.25) is 0 Å². The van der Waals surface area contributed by atoms with Gasteiger partial charge in [0, 0.05) is 44.4 Å². The highest BCUT2D eigenvalue weighted by molar-refractivity contribution is 5.74. The van der Waals surface area contributed by atoms with Gasteiger partial charge in [0.1, 0.15) is 11.6 Å². The summed E-state index contributed by atoms with van der Waals surface area (Å²) in [5.74, 6) is 1.71. The molecule has 0 saturated carbocycles. The summed E-state index contributed by atoms with van der Waals surface area (Å²) in [6.07, 6.45) is 5.43. The number of carbonyl (C=O) groups is 1. The van der Waals surface area contributed by atoms with E-state index in [2.05, 4.69) is 20.3 Å². The Balaban J connectivity index is 1.83. The SMILES string of the molecule is Cc1cnc(C(C)NC(=O)N(C)CCn2ccnc2C)[nH]1. The monoisotopic (exact) mass is 290 g/mol. The van der Waals surface area contributed by atoms with Crippen molar-refractivity contribution in [2.24, 2.45) is 0 Å². The first-order chi connectivity index (χ1) is 9.97. The van der Waals surface area contributed by atoms with Crippen LogP contribution in [0.3, 0.4) is 0 Å². The molecular formula is C14H22N6O. The van der Waals surface area contributed by atoms with E-state index in [4.69, 9.17) is 0 Å². The molecular weight excluding hydrogens is 268 g/mol. The number of urea groups is 1. The van der Waals surface area contributed by atoms with E-state index in [1.165, 1.54) is 0 Å². The molecule has 0 bridgehead atoms. The highest BCUT2D eigenvalue weighted by atomic mass is 16.2. The quantitative estimate of drug-likeness (QED) is 0.878. The smallest absolute Gasteiger partial charge is 0.317 e. The molecule has 2 aromatic heterocycles. The molecule has 0 saturated heterocycles. The van der Waals surface area contributed by atoms with Crippen LogP contribution in [0.5, 0.6) is 0 Å². The zero-order valence-electron chi connectivity index (χ0n) is 12.9. The molecule has 1 unspecified atom stereocenters. The molecule has 1 atom stereocenters. The maximum atomic E-state index is 12.1. The van der Waals surface area contributed by atoms with Crippen LogP contribution >= 0.6 is 0 Å². The van der Waals surface area contributed by atoms with Gasteiger partial charge in [0.25, 0.3) is 0 Å². The highest BCUT2D eigenvalue weighted by Crippen LogP contribution is 2.08. The Morgan fingerprint density at radius 2 is 2.24 bits per heavy atom. The standard InChI is InChI=1S/C14H22N6O/c1-10-9-16-13(17-10)11(2)18-14(21)19(4)7-8-20-6-5-15-12(20)3/h5-6,9,11H,7-8H2,1-4H3,(H,16,17)(H,18,21). The zero-order valence-corrected chi connectivity index (χ0v) is 12.9. The molecule has 2 amide bonds. The third-order valence-electron chi connectivity index (χ3n) is 3.42. The second-order valence-electron chi connectivity index (χ2n) is 5.21. The fraction of sp³-hybridized carbons (Fsp3) is 0.500. The van der Waals surface area contributed by atoms with Crippen molar-refractivity contribution in [3.8, 4) is 0 Å². The number of nitrogens with zero attached hydrogens (tertiary/aromatic N) is 4. The molecule has 114 valence electrons. The van der Waals surface area contributed by atoms with E-state index >= 15 is 0 Å². The minimum Gasteiger partial charge on any atom is -0.344 e. The lowest BCUT2D eigenvalue weighted by Gasteiger charge is -2.21. The average Bonchev–Trinajstić information content (AvgIpc) is 3.04. The number of imidazole rings is 2. The summed E-state index contributed by atoms with van der Waals surface area (Å²) in [7, 11) is 1.78.